The van der Waals surface area contributed by atoms with E-state index >= 15 is 0 Å². The van der Waals surface area contributed by atoms with Crippen LogP contribution < -0.4 is 5.32 Å². The van der Waals surface area contributed by atoms with Crippen LogP contribution in [0.2, 0.25) is 0 Å². The molecule has 9 heteroatoms. The number of pyridine rings is 1. The van der Waals surface area contributed by atoms with Gasteiger partial charge < -0.3 is 10.4 Å². The summed E-state index contributed by atoms with van der Waals surface area (Å²) in [5, 5.41) is 22.4. The van der Waals surface area contributed by atoms with E-state index in [0.29, 0.717) is 23.7 Å². The van der Waals surface area contributed by atoms with Crippen LogP contribution in [-0.4, -0.2) is 39.2 Å². The topological polar surface area (TPSA) is 122 Å². The van der Waals surface area contributed by atoms with Crippen molar-refractivity contribution in [3.8, 4) is 0 Å². The molecular formula is C14H19N3O5S. The molecule has 0 aromatic carbocycles. The molecule has 0 unspecified atom stereocenters. The lowest BCUT2D eigenvalue weighted by Gasteiger charge is -2.22. The maximum absolute atomic E-state index is 12.1. The van der Waals surface area contributed by atoms with Gasteiger partial charge in [-0.1, -0.05) is 13.8 Å². The third kappa shape index (κ3) is 6.64. The maximum atomic E-state index is 12.1. The van der Waals surface area contributed by atoms with Gasteiger partial charge in [0.2, 0.25) is 5.91 Å². The highest BCUT2D eigenvalue weighted by Crippen LogP contribution is 2.27. The first kappa shape index (κ1) is 18.9. The van der Waals surface area contributed by atoms with Gasteiger partial charge >= 0.3 is 5.97 Å². The number of aliphatic carboxylic acids is 1. The van der Waals surface area contributed by atoms with Crippen molar-refractivity contribution in [3.63, 3.8) is 0 Å². The molecule has 1 rings (SSSR count). The molecule has 0 spiro atoms. The zero-order chi connectivity index (χ0) is 17.5. The number of rotatable bonds is 9. The van der Waals surface area contributed by atoms with Gasteiger partial charge in [0.25, 0.3) is 5.69 Å². The fourth-order valence-corrected chi connectivity index (χ4v) is 2.50. The Labute approximate surface area is 137 Å². The first-order chi connectivity index (χ1) is 10.7. The molecule has 0 radical (unpaired) electrons. The Bertz CT molecular complexity index is 574. The standard InChI is InChI=1S/C14H19N3O5S/c1-14(2,13(20)15-7-3-4-12(18)19)9-23-11-6-5-10(8-16-11)17(21)22/h5-6,8H,3-4,7,9H2,1-2H3,(H,15,20)(H,18,19). The van der Waals surface area contributed by atoms with Crippen molar-refractivity contribution >= 4 is 29.3 Å². The molecule has 0 saturated carbocycles. The number of hydrogen-bond acceptors (Lipinski definition) is 6. The summed E-state index contributed by atoms with van der Waals surface area (Å²) in [6.07, 6.45) is 1.58. The lowest BCUT2D eigenvalue weighted by Crippen LogP contribution is -2.39. The summed E-state index contributed by atoms with van der Waals surface area (Å²) in [6.45, 7) is 3.87. The van der Waals surface area contributed by atoms with Crippen molar-refractivity contribution in [2.24, 2.45) is 5.41 Å². The van der Waals surface area contributed by atoms with Crippen LogP contribution >= 0.6 is 11.8 Å². The van der Waals surface area contributed by atoms with Crippen molar-refractivity contribution in [1.29, 1.82) is 0 Å². The molecule has 0 saturated heterocycles. The smallest absolute Gasteiger partial charge is 0.303 e. The van der Waals surface area contributed by atoms with Gasteiger partial charge in [0, 0.05) is 24.8 Å². The maximum Gasteiger partial charge on any atom is 0.303 e. The zero-order valence-electron chi connectivity index (χ0n) is 12.9. The molecule has 1 aromatic rings. The second kappa shape index (κ2) is 8.47. The van der Waals surface area contributed by atoms with Crippen molar-refractivity contribution in [2.45, 2.75) is 31.7 Å². The van der Waals surface area contributed by atoms with Gasteiger partial charge in [-0.15, -0.1) is 11.8 Å². The number of hydrogen-bond donors (Lipinski definition) is 2. The minimum absolute atomic E-state index is 0.0160. The second-order valence-electron chi connectivity index (χ2n) is 5.54. The Morgan fingerprint density at radius 2 is 2.13 bits per heavy atom. The number of carbonyl (C=O) groups excluding carboxylic acids is 1. The highest BCUT2D eigenvalue weighted by Gasteiger charge is 2.27. The average molecular weight is 341 g/mol. The molecule has 0 aliphatic carbocycles. The zero-order valence-corrected chi connectivity index (χ0v) is 13.8. The molecule has 0 fully saturated rings. The van der Waals surface area contributed by atoms with Crippen molar-refractivity contribution in [1.82, 2.24) is 10.3 Å². The van der Waals surface area contributed by atoms with Crippen molar-refractivity contribution in [3.05, 3.63) is 28.4 Å². The third-order valence-electron chi connectivity index (χ3n) is 2.98. The van der Waals surface area contributed by atoms with Gasteiger partial charge in [-0.05, 0) is 12.5 Å². The predicted molar refractivity (Wildman–Crippen MR) is 85.3 cm³/mol. The predicted octanol–water partition coefficient (Wildman–Crippen LogP) is 2.09. The molecule has 126 valence electrons. The van der Waals surface area contributed by atoms with E-state index in [1.54, 1.807) is 19.9 Å². The molecule has 0 aliphatic rings. The Morgan fingerprint density at radius 3 is 2.65 bits per heavy atom. The highest BCUT2D eigenvalue weighted by molar-refractivity contribution is 7.99. The van der Waals surface area contributed by atoms with Gasteiger partial charge in [0.15, 0.2) is 0 Å². The van der Waals surface area contributed by atoms with Crippen LogP contribution in [0.5, 0.6) is 0 Å². The van der Waals surface area contributed by atoms with Crippen molar-refractivity contribution in [2.75, 3.05) is 12.3 Å². The molecule has 1 amide bonds. The molecule has 1 heterocycles. The first-order valence-electron chi connectivity index (χ1n) is 6.96. The van der Waals surface area contributed by atoms with Gasteiger partial charge in [-0.2, -0.15) is 0 Å². The van der Waals surface area contributed by atoms with E-state index < -0.39 is 16.3 Å². The summed E-state index contributed by atoms with van der Waals surface area (Å²) < 4.78 is 0. The van der Waals surface area contributed by atoms with E-state index in [4.69, 9.17) is 5.11 Å². The van der Waals surface area contributed by atoms with E-state index in [2.05, 4.69) is 10.3 Å². The Kier molecular flexibility index (Phi) is 6.95. The largest absolute Gasteiger partial charge is 0.481 e. The number of carboxylic acids is 1. The molecular weight excluding hydrogens is 322 g/mol. The molecule has 1 aromatic heterocycles. The summed E-state index contributed by atoms with van der Waals surface area (Å²) in [6, 6.07) is 2.91. The molecule has 2 N–H and O–H groups in total. The number of thioether (sulfide) groups is 1. The van der Waals surface area contributed by atoms with Gasteiger partial charge in [0.05, 0.1) is 15.4 Å². The van der Waals surface area contributed by atoms with Gasteiger partial charge in [-0.25, -0.2) is 4.98 Å². The Hall–Kier alpha value is -2.16. The molecule has 8 nitrogen and oxygen atoms in total. The number of carboxylic acid groups (broad SMARTS) is 1. The van der Waals surface area contributed by atoms with E-state index in [1.165, 1.54) is 24.0 Å². The van der Waals surface area contributed by atoms with E-state index in [9.17, 15) is 19.7 Å². The van der Waals surface area contributed by atoms with Crippen LogP contribution in [0.25, 0.3) is 0 Å². The van der Waals surface area contributed by atoms with E-state index in [-0.39, 0.29) is 18.0 Å². The third-order valence-corrected chi connectivity index (χ3v) is 4.38. The lowest BCUT2D eigenvalue weighted by molar-refractivity contribution is -0.385. The molecule has 0 aliphatic heterocycles. The van der Waals surface area contributed by atoms with Crippen LogP contribution in [0, 0.1) is 15.5 Å². The summed E-state index contributed by atoms with van der Waals surface area (Å²) >= 11 is 1.33. The normalized spacial score (nSPS) is 11.0. The molecule has 0 atom stereocenters. The summed E-state index contributed by atoms with van der Waals surface area (Å²) in [5.41, 5.74) is -0.748. The Morgan fingerprint density at radius 1 is 1.43 bits per heavy atom. The number of aromatic nitrogens is 1. The monoisotopic (exact) mass is 341 g/mol. The average Bonchev–Trinajstić information content (AvgIpc) is 2.49. The lowest BCUT2D eigenvalue weighted by atomic mass is 9.95. The second-order valence-corrected chi connectivity index (χ2v) is 6.53. The number of carbonyl (C=O) groups is 2. The Balaban J connectivity index is 2.45. The minimum Gasteiger partial charge on any atom is -0.481 e. The van der Waals surface area contributed by atoms with Crippen LogP contribution in [0.15, 0.2) is 23.4 Å². The number of nitrogens with zero attached hydrogens (tertiary/aromatic N) is 2. The highest BCUT2D eigenvalue weighted by atomic mass is 32.2. The summed E-state index contributed by atoms with van der Waals surface area (Å²) in [4.78, 5) is 36.5. The molecule has 0 bridgehead atoms. The number of amides is 1. The van der Waals surface area contributed by atoms with Crippen LogP contribution in [0.4, 0.5) is 5.69 Å². The first-order valence-corrected chi connectivity index (χ1v) is 7.94. The summed E-state index contributed by atoms with van der Waals surface area (Å²) in [5.74, 6) is -0.613. The number of nitro groups is 1. The number of nitrogens with one attached hydrogen (secondary N) is 1. The fraction of sp³-hybridized carbons (Fsp3) is 0.500. The van der Waals surface area contributed by atoms with Gasteiger partial charge in [0.1, 0.15) is 6.20 Å². The fourth-order valence-electron chi connectivity index (χ4n) is 1.57. The van der Waals surface area contributed by atoms with Crippen molar-refractivity contribution < 1.29 is 19.6 Å². The quantitative estimate of drug-likeness (QED) is 0.305. The minimum atomic E-state index is -0.890. The van der Waals surface area contributed by atoms with Crippen LogP contribution in [0.3, 0.4) is 0 Å². The summed E-state index contributed by atoms with van der Waals surface area (Å²) in [7, 11) is 0. The van der Waals surface area contributed by atoms with Crippen LogP contribution in [0.1, 0.15) is 26.7 Å². The van der Waals surface area contributed by atoms with Gasteiger partial charge in [-0.3, -0.25) is 19.7 Å². The van der Waals surface area contributed by atoms with E-state index in [0.717, 1.165) is 0 Å². The SMILES string of the molecule is CC(C)(CSc1ccc([N+](=O)[O-])cn1)C(=O)NCCCC(=O)O. The van der Waals surface area contributed by atoms with Crippen LogP contribution in [-0.2, 0) is 9.59 Å². The van der Waals surface area contributed by atoms with E-state index in [1.807, 2.05) is 0 Å². The molecule has 23 heavy (non-hydrogen) atoms.